The van der Waals surface area contributed by atoms with Crippen LogP contribution in [0.3, 0.4) is 0 Å². The smallest absolute Gasteiger partial charge is 0.222 e. The van der Waals surface area contributed by atoms with E-state index in [0.29, 0.717) is 12.5 Å². The van der Waals surface area contributed by atoms with Crippen LogP contribution in [0.1, 0.15) is 24.8 Å². The third-order valence-electron chi connectivity index (χ3n) is 4.25. The van der Waals surface area contributed by atoms with Gasteiger partial charge in [-0.05, 0) is 30.9 Å². The molecule has 0 unspecified atom stereocenters. The Morgan fingerprint density at radius 3 is 2.65 bits per heavy atom. The normalized spacial score (nSPS) is 15.4. The number of anilines is 1. The fourth-order valence-corrected chi connectivity index (χ4v) is 2.91. The molecule has 23 heavy (non-hydrogen) atoms. The van der Waals surface area contributed by atoms with Crippen LogP contribution in [-0.2, 0) is 11.2 Å². The van der Waals surface area contributed by atoms with Crippen molar-refractivity contribution in [2.75, 3.05) is 18.4 Å². The molecule has 1 saturated heterocycles. The second-order valence-electron chi connectivity index (χ2n) is 5.88. The summed E-state index contributed by atoms with van der Waals surface area (Å²) in [5, 5.41) is 3.41. The molecule has 1 aromatic heterocycles. The number of carbonyl (C=O) groups excluding carboxylic acids is 1. The zero-order chi connectivity index (χ0) is 15.9. The fourth-order valence-electron chi connectivity index (χ4n) is 2.91. The van der Waals surface area contributed by atoms with Gasteiger partial charge in [-0.2, -0.15) is 0 Å². The van der Waals surface area contributed by atoms with E-state index in [1.165, 1.54) is 5.56 Å². The molecule has 1 N–H and O–H groups in total. The summed E-state index contributed by atoms with van der Waals surface area (Å²) in [6.07, 6.45) is 6.61. The van der Waals surface area contributed by atoms with Crippen molar-refractivity contribution in [2.24, 2.45) is 0 Å². The molecule has 0 aliphatic carbocycles. The van der Waals surface area contributed by atoms with Crippen molar-refractivity contribution >= 4 is 11.7 Å². The SMILES string of the molecule is O=C(CCc1ccccc1)N1CCC(Nc2ccncn2)CC1. The number of nitrogens with one attached hydrogen (secondary N) is 1. The molecule has 0 radical (unpaired) electrons. The summed E-state index contributed by atoms with van der Waals surface area (Å²) in [5.74, 6) is 1.11. The molecule has 0 saturated carbocycles. The van der Waals surface area contributed by atoms with Crippen LogP contribution in [0.25, 0.3) is 0 Å². The number of aryl methyl sites for hydroxylation is 1. The summed E-state index contributed by atoms with van der Waals surface area (Å²) >= 11 is 0. The van der Waals surface area contributed by atoms with Crippen LogP contribution in [0.15, 0.2) is 48.9 Å². The van der Waals surface area contributed by atoms with Gasteiger partial charge in [0.25, 0.3) is 0 Å². The molecule has 5 heteroatoms. The Hall–Kier alpha value is -2.43. The van der Waals surface area contributed by atoms with Gasteiger partial charge in [-0.3, -0.25) is 4.79 Å². The average molecular weight is 310 g/mol. The summed E-state index contributed by atoms with van der Waals surface area (Å²) in [7, 11) is 0. The molecule has 3 rings (SSSR count). The van der Waals surface area contributed by atoms with Gasteiger partial charge < -0.3 is 10.2 Å². The monoisotopic (exact) mass is 310 g/mol. The van der Waals surface area contributed by atoms with Crippen molar-refractivity contribution in [3.8, 4) is 0 Å². The van der Waals surface area contributed by atoms with E-state index in [-0.39, 0.29) is 5.91 Å². The molecular formula is C18H22N4O. The molecule has 2 aromatic rings. The molecule has 1 fully saturated rings. The number of carbonyl (C=O) groups is 1. The first-order valence-corrected chi connectivity index (χ1v) is 8.15. The number of hydrogen-bond donors (Lipinski definition) is 1. The first kappa shape index (κ1) is 15.5. The molecule has 1 aliphatic heterocycles. The highest BCUT2D eigenvalue weighted by molar-refractivity contribution is 5.76. The third kappa shape index (κ3) is 4.52. The van der Waals surface area contributed by atoms with Gasteiger partial charge in [0.15, 0.2) is 0 Å². The number of hydrogen-bond acceptors (Lipinski definition) is 4. The Kier molecular flexibility index (Phi) is 5.19. The molecule has 1 aliphatic rings. The highest BCUT2D eigenvalue weighted by Crippen LogP contribution is 2.16. The minimum atomic E-state index is 0.259. The molecule has 120 valence electrons. The lowest BCUT2D eigenvalue weighted by Gasteiger charge is -2.32. The predicted molar refractivity (Wildman–Crippen MR) is 90.0 cm³/mol. The van der Waals surface area contributed by atoms with Crippen LogP contribution >= 0.6 is 0 Å². The maximum absolute atomic E-state index is 12.3. The fraction of sp³-hybridized carbons (Fsp3) is 0.389. The predicted octanol–water partition coefficient (Wildman–Crippen LogP) is 2.51. The molecule has 1 aromatic carbocycles. The second-order valence-corrected chi connectivity index (χ2v) is 5.88. The number of piperidine rings is 1. The largest absolute Gasteiger partial charge is 0.367 e. The topological polar surface area (TPSA) is 58.1 Å². The van der Waals surface area contributed by atoms with Crippen molar-refractivity contribution in [3.63, 3.8) is 0 Å². The van der Waals surface area contributed by atoms with E-state index in [1.54, 1.807) is 12.5 Å². The van der Waals surface area contributed by atoms with E-state index in [2.05, 4.69) is 27.4 Å². The Balaban J connectivity index is 1.42. The van der Waals surface area contributed by atoms with Crippen LogP contribution in [0.5, 0.6) is 0 Å². The summed E-state index contributed by atoms with van der Waals surface area (Å²) in [4.78, 5) is 22.4. The lowest BCUT2D eigenvalue weighted by atomic mass is 10.0. The van der Waals surface area contributed by atoms with Crippen molar-refractivity contribution in [1.82, 2.24) is 14.9 Å². The van der Waals surface area contributed by atoms with Crippen molar-refractivity contribution in [1.29, 1.82) is 0 Å². The van der Waals surface area contributed by atoms with Gasteiger partial charge in [-0.15, -0.1) is 0 Å². The molecule has 2 heterocycles. The Bertz CT molecular complexity index is 609. The van der Waals surface area contributed by atoms with Crippen molar-refractivity contribution < 1.29 is 4.79 Å². The van der Waals surface area contributed by atoms with Crippen LogP contribution in [-0.4, -0.2) is 39.9 Å². The number of benzene rings is 1. The van der Waals surface area contributed by atoms with E-state index >= 15 is 0 Å². The number of aromatic nitrogens is 2. The van der Waals surface area contributed by atoms with Gasteiger partial charge in [0.05, 0.1) is 0 Å². The molecule has 5 nitrogen and oxygen atoms in total. The highest BCUT2D eigenvalue weighted by Gasteiger charge is 2.22. The Morgan fingerprint density at radius 1 is 1.17 bits per heavy atom. The maximum atomic E-state index is 12.3. The van der Waals surface area contributed by atoms with Crippen LogP contribution < -0.4 is 5.32 Å². The van der Waals surface area contributed by atoms with E-state index in [4.69, 9.17) is 0 Å². The lowest BCUT2D eigenvalue weighted by molar-refractivity contribution is -0.132. The Morgan fingerprint density at radius 2 is 1.96 bits per heavy atom. The average Bonchev–Trinajstić information content (AvgIpc) is 2.62. The van der Waals surface area contributed by atoms with Crippen LogP contribution in [0.2, 0.25) is 0 Å². The zero-order valence-corrected chi connectivity index (χ0v) is 13.2. The van der Waals surface area contributed by atoms with Gasteiger partial charge >= 0.3 is 0 Å². The number of nitrogens with zero attached hydrogens (tertiary/aromatic N) is 3. The summed E-state index contributed by atoms with van der Waals surface area (Å²) in [6, 6.07) is 12.4. The van der Waals surface area contributed by atoms with E-state index < -0.39 is 0 Å². The van der Waals surface area contributed by atoms with Gasteiger partial charge in [0.2, 0.25) is 5.91 Å². The van der Waals surface area contributed by atoms with Gasteiger partial charge in [-0.1, -0.05) is 30.3 Å². The van der Waals surface area contributed by atoms with Gasteiger partial charge in [0, 0.05) is 31.7 Å². The third-order valence-corrected chi connectivity index (χ3v) is 4.25. The summed E-state index contributed by atoms with van der Waals surface area (Å²) in [5.41, 5.74) is 1.22. The second kappa shape index (κ2) is 7.72. The Labute approximate surface area is 136 Å². The highest BCUT2D eigenvalue weighted by atomic mass is 16.2. The minimum absolute atomic E-state index is 0.259. The molecule has 1 amide bonds. The number of amides is 1. The maximum Gasteiger partial charge on any atom is 0.222 e. The zero-order valence-electron chi connectivity index (χ0n) is 13.2. The van der Waals surface area contributed by atoms with E-state index in [9.17, 15) is 4.79 Å². The van der Waals surface area contributed by atoms with E-state index in [1.807, 2.05) is 29.2 Å². The lowest BCUT2D eigenvalue weighted by Crippen LogP contribution is -2.42. The van der Waals surface area contributed by atoms with Gasteiger partial charge in [-0.25, -0.2) is 9.97 Å². The van der Waals surface area contributed by atoms with Crippen molar-refractivity contribution in [3.05, 3.63) is 54.5 Å². The van der Waals surface area contributed by atoms with E-state index in [0.717, 1.165) is 38.2 Å². The minimum Gasteiger partial charge on any atom is -0.367 e. The van der Waals surface area contributed by atoms with Gasteiger partial charge in [0.1, 0.15) is 12.1 Å². The first-order chi connectivity index (χ1) is 11.3. The summed E-state index contributed by atoms with van der Waals surface area (Å²) in [6.45, 7) is 1.63. The standard InChI is InChI=1S/C18H22N4O/c23-18(7-6-15-4-2-1-3-5-15)22-12-9-16(10-13-22)21-17-8-11-19-14-20-17/h1-5,8,11,14,16H,6-7,9-10,12-13H2,(H,19,20,21). The van der Waals surface area contributed by atoms with Crippen LogP contribution in [0, 0.1) is 0 Å². The number of rotatable bonds is 5. The molecule has 0 atom stereocenters. The molecule has 0 spiro atoms. The molecule has 0 bridgehead atoms. The summed E-state index contributed by atoms with van der Waals surface area (Å²) < 4.78 is 0. The van der Waals surface area contributed by atoms with Crippen molar-refractivity contribution in [2.45, 2.75) is 31.7 Å². The molecular weight excluding hydrogens is 288 g/mol. The quantitative estimate of drug-likeness (QED) is 0.922. The number of likely N-dealkylation sites (tertiary alicyclic amines) is 1. The van der Waals surface area contributed by atoms with Crippen LogP contribution in [0.4, 0.5) is 5.82 Å². The first-order valence-electron chi connectivity index (χ1n) is 8.15.